The first-order chi connectivity index (χ1) is 9.70. The van der Waals surface area contributed by atoms with Gasteiger partial charge in [0, 0.05) is 17.8 Å². The van der Waals surface area contributed by atoms with Crippen LogP contribution in [0.5, 0.6) is 11.5 Å². The lowest BCUT2D eigenvalue weighted by atomic mass is 9.93. The lowest BCUT2D eigenvalue weighted by molar-refractivity contribution is 0.114. The van der Waals surface area contributed by atoms with E-state index < -0.39 is 0 Å². The quantitative estimate of drug-likeness (QED) is 0.771. The molecule has 1 saturated carbocycles. The van der Waals surface area contributed by atoms with Crippen LogP contribution in [-0.2, 0) is 0 Å². The summed E-state index contributed by atoms with van der Waals surface area (Å²) < 4.78 is 10.5. The fourth-order valence-corrected chi connectivity index (χ4v) is 2.62. The van der Waals surface area contributed by atoms with E-state index in [1.807, 2.05) is 0 Å². The highest BCUT2D eigenvalue weighted by Crippen LogP contribution is 2.34. The lowest BCUT2D eigenvalue weighted by Crippen LogP contribution is -2.41. The van der Waals surface area contributed by atoms with Crippen LogP contribution in [0.2, 0.25) is 0 Å². The number of aliphatic hydroxyl groups is 1. The van der Waals surface area contributed by atoms with Gasteiger partial charge in [0.1, 0.15) is 0 Å². The van der Waals surface area contributed by atoms with Gasteiger partial charge in [-0.3, -0.25) is 0 Å². The molecule has 2 aliphatic rings. The number of hydrogen-bond donors (Lipinski definition) is 3. The van der Waals surface area contributed by atoms with Crippen LogP contribution in [0, 0.1) is 0 Å². The summed E-state index contributed by atoms with van der Waals surface area (Å²) in [6.07, 6.45) is 2.98. The van der Waals surface area contributed by atoms with Crippen molar-refractivity contribution in [3.63, 3.8) is 0 Å². The minimum absolute atomic E-state index is 0.0350. The maximum Gasteiger partial charge on any atom is 0.319 e. The van der Waals surface area contributed by atoms with Gasteiger partial charge in [-0.15, -0.1) is 0 Å². The van der Waals surface area contributed by atoms with Crippen molar-refractivity contribution < 1.29 is 19.4 Å². The molecule has 1 aromatic rings. The normalized spacial score (nSPS) is 24.2. The second kappa shape index (κ2) is 5.58. The van der Waals surface area contributed by atoms with Gasteiger partial charge in [0.15, 0.2) is 11.5 Å². The third kappa shape index (κ3) is 2.96. The first-order valence-corrected chi connectivity index (χ1v) is 6.86. The number of carbonyl (C=O) groups is 1. The lowest BCUT2D eigenvalue weighted by Gasteiger charge is -2.26. The molecule has 1 heterocycles. The Morgan fingerprint density at radius 1 is 1.25 bits per heavy atom. The van der Waals surface area contributed by atoms with Gasteiger partial charge in [0.05, 0.1) is 6.10 Å². The van der Waals surface area contributed by atoms with Crippen LogP contribution in [0.15, 0.2) is 18.2 Å². The SMILES string of the molecule is O=C(Nc1ccc2c(c1)OCO2)NC1CCCC(O)C1. The van der Waals surface area contributed by atoms with Gasteiger partial charge in [0.2, 0.25) is 6.79 Å². The van der Waals surface area contributed by atoms with Crippen molar-refractivity contribution >= 4 is 11.7 Å². The Morgan fingerprint density at radius 2 is 2.10 bits per heavy atom. The van der Waals surface area contributed by atoms with Crippen LogP contribution >= 0.6 is 0 Å². The van der Waals surface area contributed by atoms with Crippen LogP contribution < -0.4 is 20.1 Å². The molecule has 108 valence electrons. The van der Waals surface area contributed by atoms with Gasteiger partial charge < -0.3 is 25.2 Å². The topological polar surface area (TPSA) is 79.8 Å². The number of aliphatic hydroxyl groups excluding tert-OH is 1. The average Bonchev–Trinajstić information content (AvgIpc) is 2.86. The molecule has 3 N–H and O–H groups in total. The zero-order valence-corrected chi connectivity index (χ0v) is 11.1. The summed E-state index contributed by atoms with van der Waals surface area (Å²) in [4.78, 5) is 11.9. The molecule has 0 bridgehead atoms. The monoisotopic (exact) mass is 278 g/mol. The van der Waals surface area contributed by atoms with E-state index in [9.17, 15) is 9.90 Å². The highest BCUT2D eigenvalue weighted by Gasteiger charge is 2.22. The molecule has 1 aromatic carbocycles. The number of nitrogens with one attached hydrogen (secondary N) is 2. The number of anilines is 1. The molecular weight excluding hydrogens is 260 g/mol. The smallest absolute Gasteiger partial charge is 0.319 e. The van der Waals surface area contributed by atoms with Crippen molar-refractivity contribution in [2.75, 3.05) is 12.1 Å². The summed E-state index contributed by atoms with van der Waals surface area (Å²) in [5.74, 6) is 1.32. The third-order valence-corrected chi connectivity index (χ3v) is 3.61. The Balaban J connectivity index is 1.56. The van der Waals surface area contributed by atoms with E-state index in [4.69, 9.17) is 9.47 Å². The summed E-state index contributed by atoms with van der Waals surface area (Å²) in [5.41, 5.74) is 0.656. The molecule has 0 saturated heterocycles. The van der Waals surface area contributed by atoms with Gasteiger partial charge in [-0.1, -0.05) is 0 Å². The Hall–Kier alpha value is -1.95. The molecule has 3 rings (SSSR count). The highest BCUT2D eigenvalue weighted by atomic mass is 16.7. The number of fused-ring (bicyclic) bond motifs is 1. The molecule has 1 aliphatic heterocycles. The first kappa shape index (κ1) is 13.1. The summed E-state index contributed by atoms with van der Waals surface area (Å²) in [6.45, 7) is 0.213. The van der Waals surface area contributed by atoms with E-state index in [0.717, 1.165) is 19.3 Å². The number of hydrogen-bond acceptors (Lipinski definition) is 4. The molecule has 2 amide bonds. The second-order valence-electron chi connectivity index (χ2n) is 5.18. The number of rotatable bonds is 2. The van der Waals surface area contributed by atoms with E-state index in [0.29, 0.717) is 23.6 Å². The van der Waals surface area contributed by atoms with Gasteiger partial charge in [-0.05, 0) is 37.8 Å². The molecule has 1 fully saturated rings. The van der Waals surface area contributed by atoms with E-state index in [-0.39, 0.29) is 25.0 Å². The minimum atomic E-state index is -0.306. The second-order valence-corrected chi connectivity index (χ2v) is 5.18. The molecular formula is C14H18N2O4. The standard InChI is InChI=1S/C14H18N2O4/c17-11-3-1-2-9(6-11)15-14(18)16-10-4-5-12-13(7-10)20-8-19-12/h4-5,7,9,11,17H,1-3,6,8H2,(H2,15,16,18). The fraction of sp³-hybridized carbons (Fsp3) is 0.500. The molecule has 6 nitrogen and oxygen atoms in total. The zero-order chi connectivity index (χ0) is 13.9. The molecule has 2 unspecified atom stereocenters. The molecule has 20 heavy (non-hydrogen) atoms. The maximum atomic E-state index is 11.9. The largest absolute Gasteiger partial charge is 0.454 e. The predicted molar refractivity (Wildman–Crippen MR) is 73.0 cm³/mol. The maximum absolute atomic E-state index is 11.9. The van der Waals surface area contributed by atoms with Crippen molar-refractivity contribution in [3.8, 4) is 11.5 Å². The zero-order valence-electron chi connectivity index (χ0n) is 11.1. The first-order valence-electron chi connectivity index (χ1n) is 6.86. The van der Waals surface area contributed by atoms with E-state index >= 15 is 0 Å². The summed E-state index contributed by atoms with van der Waals surface area (Å²) >= 11 is 0. The predicted octanol–water partition coefficient (Wildman–Crippen LogP) is 1.84. The van der Waals surface area contributed by atoms with Crippen molar-refractivity contribution in [1.82, 2.24) is 5.32 Å². The van der Waals surface area contributed by atoms with Crippen LogP contribution in [-0.4, -0.2) is 30.1 Å². The van der Waals surface area contributed by atoms with Crippen LogP contribution in [0.3, 0.4) is 0 Å². The van der Waals surface area contributed by atoms with Gasteiger partial charge in [0.25, 0.3) is 0 Å². The molecule has 6 heteroatoms. The fourth-order valence-electron chi connectivity index (χ4n) is 2.62. The summed E-state index contributed by atoms with van der Waals surface area (Å²) in [5, 5.41) is 15.2. The van der Waals surface area contributed by atoms with Crippen molar-refractivity contribution in [2.24, 2.45) is 0 Å². The van der Waals surface area contributed by atoms with Crippen LogP contribution in [0.25, 0.3) is 0 Å². The average molecular weight is 278 g/mol. The molecule has 0 aromatic heterocycles. The minimum Gasteiger partial charge on any atom is -0.454 e. The molecule has 2 atom stereocenters. The van der Waals surface area contributed by atoms with E-state index in [1.54, 1.807) is 18.2 Å². The number of amides is 2. The Kier molecular flexibility index (Phi) is 3.64. The summed E-state index contributed by atoms with van der Waals surface area (Å²) in [7, 11) is 0. The van der Waals surface area contributed by atoms with Crippen molar-refractivity contribution in [1.29, 1.82) is 0 Å². The molecule has 1 aliphatic carbocycles. The van der Waals surface area contributed by atoms with Crippen molar-refractivity contribution in [3.05, 3.63) is 18.2 Å². The van der Waals surface area contributed by atoms with E-state index in [1.165, 1.54) is 0 Å². The van der Waals surface area contributed by atoms with E-state index in [2.05, 4.69) is 10.6 Å². The molecule has 0 radical (unpaired) electrons. The number of urea groups is 1. The Morgan fingerprint density at radius 3 is 2.95 bits per heavy atom. The van der Waals surface area contributed by atoms with Gasteiger partial charge >= 0.3 is 6.03 Å². The summed E-state index contributed by atoms with van der Waals surface area (Å²) in [6, 6.07) is 5.04. The third-order valence-electron chi connectivity index (χ3n) is 3.61. The van der Waals surface area contributed by atoms with Gasteiger partial charge in [-0.2, -0.15) is 0 Å². The number of benzene rings is 1. The van der Waals surface area contributed by atoms with Gasteiger partial charge in [-0.25, -0.2) is 4.79 Å². The number of ether oxygens (including phenoxy) is 2. The molecule has 0 spiro atoms. The Bertz CT molecular complexity index is 506. The Labute approximate surface area is 117 Å². The van der Waals surface area contributed by atoms with Crippen molar-refractivity contribution in [2.45, 2.75) is 37.8 Å². The van der Waals surface area contributed by atoms with Crippen LogP contribution in [0.4, 0.5) is 10.5 Å². The van der Waals surface area contributed by atoms with Crippen LogP contribution in [0.1, 0.15) is 25.7 Å². The highest BCUT2D eigenvalue weighted by molar-refractivity contribution is 5.89. The number of carbonyl (C=O) groups excluding carboxylic acids is 1.